The van der Waals surface area contributed by atoms with Crippen LogP contribution in [0, 0.1) is 0 Å². The molecule has 94 valence electrons. The quantitative estimate of drug-likeness (QED) is 0.877. The summed E-state index contributed by atoms with van der Waals surface area (Å²) < 4.78 is 6.48. The molecule has 1 heterocycles. The number of fused-ring (bicyclic) bond motifs is 1. The highest BCUT2D eigenvalue weighted by atomic mass is 16.4. The van der Waals surface area contributed by atoms with Gasteiger partial charge in [0.05, 0.1) is 11.9 Å². The van der Waals surface area contributed by atoms with Crippen molar-refractivity contribution in [1.29, 1.82) is 0 Å². The van der Waals surface area contributed by atoms with Crippen molar-refractivity contribution in [2.24, 2.45) is 7.05 Å². The van der Waals surface area contributed by atoms with Gasteiger partial charge in [-0.2, -0.15) is 0 Å². The third-order valence-electron chi connectivity index (χ3n) is 3.16. The molecule has 1 aliphatic rings. The summed E-state index contributed by atoms with van der Waals surface area (Å²) >= 11 is 0. The molecule has 18 heavy (non-hydrogen) atoms. The normalized spacial score (nSPS) is 14.9. The lowest BCUT2D eigenvalue weighted by molar-refractivity contribution is -0.120. The molecule has 3 rings (SSSR count). The van der Waals surface area contributed by atoms with E-state index in [-0.39, 0.29) is 11.7 Å². The Morgan fingerprint density at radius 1 is 1.50 bits per heavy atom. The van der Waals surface area contributed by atoms with Gasteiger partial charge in [0.15, 0.2) is 5.58 Å². The van der Waals surface area contributed by atoms with Gasteiger partial charge in [-0.25, -0.2) is 4.79 Å². The van der Waals surface area contributed by atoms with E-state index in [1.807, 2.05) is 12.1 Å². The highest BCUT2D eigenvalue weighted by molar-refractivity contribution is 5.81. The van der Waals surface area contributed by atoms with E-state index in [9.17, 15) is 9.59 Å². The molecular formula is C13H14N2O3. The number of amides is 1. The van der Waals surface area contributed by atoms with E-state index in [4.69, 9.17) is 4.42 Å². The second-order valence-corrected chi connectivity index (χ2v) is 4.75. The molecule has 0 aliphatic heterocycles. The average molecular weight is 246 g/mol. The number of nitrogens with one attached hydrogen (secondary N) is 1. The molecule has 5 heteroatoms. The molecule has 0 saturated heterocycles. The molecule has 1 saturated carbocycles. The Bertz CT molecular complexity index is 664. The number of benzene rings is 1. The van der Waals surface area contributed by atoms with Crippen molar-refractivity contribution in [2.45, 2.75) is 25.3 Å². The first-order chi connectivity index (χ1) is 8.63. The van der Waals surface area contributed by atoms with Gasteiger partial charge in [-0.3, -0.25) is 9.36 Å². The van der Waals surface area contributed by atoms with E-state index in [0.29, 0.717) is 18.0 Å². The van der Waals surface area contributed by atoms with Gasteiger partial charge in [-0.05, 0) is 30.5 Å². The molecule has 1 amide bonds. The van der Waals surface area contributed by atoms with Crippen LogP contribution in [0.1, 0.15) is 18.4 Å². The Hall–Kier alpha value is -2.04. The molecule has 0 atom stereocenters. The fourth-order valence-electron chi connectivity index (χ4n) is 1.97. The molecule has 1 aromatic heterocycles. The third-order valence-corrected chi connectivity index (χ3v) is 3.16. The Labute approximate surface area is 103 Å². The van der Waals surface area contributed by atoms with Crippen LogP contribution in [0.4, 0.5) is 0 Å². The van der Waals surface area contributed by atoms with Crippen molar-refractivity contribution in [3.05, 3.63) is 34.3 Å². The van der Waals surface area contributed by atoms with E-state index >= 15 is 0 Å². The van der Waals surface area contributed by atoms with E-state index in [2.05, 4.69) is 5.32 Å². The Balaban J connectivity index is 1.85. The first-order valence-electron chi connectivity index (χ1n) is 6.01. The van der Waals surface area contributed by atoms with Gasteiger partial charge in [-0.15, -0.1) is 0 Å². The molecular weight excluding hydrogens is 232 g/mol. The first kappa shape index (κ1) is 11.1. The highest BCUT2D eigenvalue weighted by Gasteiger charge is 2.23. The third kappa shape index (κ3) is 2.03. The second-order valence-electron chi connectivity index (χ2n) is 4.75. The summed E-state index contributed by atoms with van der Waals surface area (Å²) in [5.74, 6) is -0.352. The molecule has 1 fully saturated rings. The second kappa shape index (κ2) is 4.01. The van der Waals surface area contributed by atoms with Crippen LogP contribution in [-0.4, -0.2) is 16.5 Å². The van der Waals surface area contributed by atoms with E-state index in [0.717, 1.165) is 23.9 Å². The van der Waals surface area contributed by atoms with Crippen LogP contribution >= 0.6 is 0 Å². The number of aryl methyl sites for hydroxylation is 1. The Kier molecular flexibility index (Phi) is 2.47. The summed E-state index contributed by atoms with van der Waals surface area (Å²) in [6.45, 7) is 0. The Morgan fingerprint density at radius 2 is 2.28 bits per heavy atom. The standard InChI is InChI=1S/C13H14N2O3/c1-15-10-6-8(2-5-11(10)18-13(15)17)7-12(16)14-9-3-4-9/h2,5-6,9H,3-4,7H2,1H3,(H,14,16). The number of carbonyl (C=O) groups is 1. The number of oxazole rings is 1. The summed E-state index contributed by atoms with van der Waals surface area (Å²) in [4.78, 5) is 23.0. The molecule has 5 nitrogen and oxygen atoms in total. The van der Waals surface area contributed by atoms with Crippen LogP contribution in [-0.2, 0) is 18.3 Å². The van der Waals surface area contributed by atoms with Crippen molar-refractivity contribution in [3.8, 4) is 0 Å². The fraction of sp³-hybridized carbons (Fsp3) is 0.385. The Morgan fingerprint density at radius 3 is 3.00 bits per heavy atom. The summed E-state index contributed by atoms with van der Waals surface area (Å²) in [6, 6.07) is 5.75. The fourth-order valence-corrected chi connectivity index (χ4v) is 1.97. The van der Waals surface area contributed by atoms with Crippen molar-refractivity contribution < 1.29 is 9.21 Å². The number of nitrogens with zero attached hydrogens (tertiary/aromatic N) is 1. The zero-order valence-electron chi connectivity index (χ0n) is 10.1. The maximum atomic E-state index is 11.7. The monoisotopic (exact) mass is 246 g/mol. The van der Waals surface area contributed by atoms with Gasteiger partial charge in [0, 0.05) is 13.1 Å². The minimum absolute atomic E-state index is 0.0327. The summed E-state index contributed by atoms with van der Waals surface area (Å²) in [5.41, 5.74) is 2.16. The van der Waals surface area contributed by atoms with E-state index in [1.54, 1.807) is 13.1 Å². The lowest BCUT2D eigenvalue weighted by Crippen LogP contribution is -2.26. The van der Waals surface area contributed by atoms with Crippen LogP contribution in [0.5, 0.6) is 0 Å². The van der Waals surface area contributed by atoms with Crippen LogP contribution in [0.25, 0.3) is 11.1 Å². The van der Waals surface area contributed by atoms with Crippen LogP contribution in [0.15, 0.2) is 27.4 Å². The number of carbonyl (C=O) groups excluding carboxylic acids is 1. The SMILES string of the molecule is Cn1c(=O)oc2ccc(CC(=O)NC3CC3)cc21. The molecule has 1 aliphatic carbocycles. The van der Waals surface area contributed by atoms with Crippen molar-refractivity contribution in [1.82, 2.24) is 9.88 Å². The van der Waals surface area contributed by atoms with Gasteiger partial charge in [0.2, 0.25) is 5.91 Å². The lowest BCUT2D eigenvalue weighted by Gasteiger charge is -2.03. The number of hydrogen-bond acceptors (Lipinski definition) is 3. The summed E-state index contributed by atoms with van der Waals surface area (Å²) in [7, 11) is 1.65. The molecule has 2 aromatic rings. The average Bonchev–Trinajstić information content (AvgIpc) is 3.09. The smallest absolute Gasteiger partial charge is 0.408 e. The summed E-state index contributed by atoms with van der Waals surface area (Å²) in [6.07, 6.45) is 2.51. The topological polar surface area (TPSA) is 64.2 Å². The molecule has 0 radical (unpaired) electrons. The molecule has 1 aromatic carbocycles. The molecule has 0 spiro atoms. The first-order valence-corrected chi connectivity index (χ1v) is 6.01. The van der Waals surface area contributed by atoms with Crippen molar-refractivity contribution >= 4 is 17.0 Å². The number of hydrogen-bond donors (Lipinski definition) is 1. The van der Waals surface area contributed by atoms with Crippen molar-refractivity contribution in [2.75, 3.05) is 0 Å². The molecule has 1 N–H and O–H groups in total. The summed E-state index contributed by atoms with van der Waals surface area (Å²) in [5, 5.41) is 2.94. The zero-order valence-corrected chi connectivity index (χ0v) is 10.1. The maximum Gasteiger partial charge on any atom is 0.419 e. The predicted octanol–water partition coefficient (Wildman–Crippen LogP) is 0.953. The maximum absolute atomic E-state index is 11.7. The van der Waals surface area contributed by atoms with Crippen LogP contribution in [0.3, 0.4) is 0 Å². The highest BCUT2D eigenvalue weighted by Crippen LogP contribution is 2.19. The lowest BCUT2D eigenvalue weighted by atomic mass is 10.1. The van der Waals surface area contributed by atoms with Crippen LogP contribution in [0.2, 0.25) is 0 Å². The number of aromatic nitrogens is 1. The minimum Gasteiger partial charge on any atom is -0.408 e. The van der Waals surface area contributed by atoms with Crippen LogP contribution < -0.4 is 11.1 Å². The van der Waals surface area contributed by atoms with Gasteiger partial charge >= 0.3 is 5.76 Å². The van der Waals surface area contributed by atoms with Gasteiger partial charge in [0.1, 0.15) is 0 Å². The minimum atomic E-state index is -0.385. The van der Waals surface area contributed by atoms with Gasteiger partial charge in [-0.1, -0.05) is 6.07 Å². The van der Waals surface area contributed by atoms with Gasteiger partial charge in [0.25, 0.3) is 0 Å². The molecule has 0 unspecified atom stereocenters. The largest absolute Gasteiger partial charge is 0.419 e. The predicted molar refractivity (Wildman–Crippen MR) is 66.3 cm³/mol. The number of rotatable bonds is 3. The zero-order chi connectivity index (χ0) is 12.7. The van der Waals surface area contributed by atoms with Crippen molar-refractivity contribution in [3.63, 3.8) is 0 Å². The molecule has 0 bridgehead atoms. The van der Waals surface area contributed by atoms with Gasteiger partial charge < -0.3 is 9.73 Å². The van der Waals surface area contributed by atoms with E-state index in [1.165, 1.54) is 4.57 Å². The van der Waals surface area contributed by atoms with E-state index < -0.39 is 0 Å².